The van der Waals surface area contributed by atoms with Gasteiger partial charge < -0.3 is 0 Å². The Morgan fingerprint density at radius 1 is 1.15 bits per heavy atom. The molecule has 1 heteroatoms. The maximum absolute atomic E-state index is 4.48. The van der Waals surface area contributed by atoms with E-state index < -0.39 is 0 Å². The standard InChI is InChI=1S/C19H23N/c1-3-14(2)15-8-10-16(11-9-15)17-12-13-20-19-7-5-4-6-18(17)19/h3-7,12-16H,1,8-11H2,2H3. The van der Waals surface area contributed by atoms with Crippen LogP contribution >= 0.6 is 0 Å². The number of benzene rings is 1. The normalized spacial score (nSPS) is 24.4. The minimum absolute atomic E-state index is 0.658. The highest BCUT2D eigenvalue weighted by molar-refractivity contribution is 5.82. The Labute approximate surface area is 121 Å². The van der Waals surface area contributed by atoms with Crippen LogP contribution in [0.5, 0.6) is 0 Å². The van der Waals surface area contributed by atoms with Crippen LogP contribution in [-0.4, -0.2) is 4.98 Å². The van der Waals surface area contributed by atoms with Gasteiger partial charge in [-0.2, -0.15) is 0 Å². The molecule has 104 valence electrons. The van der Waals surface area contributed by atoms with E-state index in [2.05, 4.69) is 54.9 Å². The molecule has 3 rings (SSSR count). The van der Waals surface area contributed by atoms with E-state index in [4.69, 9.17) is 0 Å². The predicted molar refractivity (Wildman–Crippen MR) is 85.8 cm³/mol. The summed E-state index contributed by atoms with van der Waals surface area (Å²) in [5.74, 6) is 2.19. The van der Waals surface area contributed by atoms with Gasteiger partial charge in [-0.15, -0.1) is 6.58 Å². The van der Waals surface area contributed by atoms with E-state index in [-0.39, 0.29) is 0 Å². The highest BCUT2D eigenvalue weighted by atomic mass is 14.6. The molecule has 0 aliphatic heterocycles. The van der Waals surface area contributed by atoms with Gasteiger partial charge in [-0.3, -0.25) is 4.98 Å². The molecule has 0 spiro atoms. The van der Waals surface area contributed by atoms with Crippen molar-refractivity contribution in [2.45, 2.75) is 38.5 Å². The molecule has 2 aromatic rings. The van der Waals surface area contributed by atoms with Gasteiger partial charge in [0.1, 0.15) is 0 Å². The van der Waals surface area contributed by atoms with Crippen molar-refractivity contribution in [2.24, 2.45) is 11.8 Å². The molecular weight excluding hydrogens is 242 g/mol. The molecule has 1 unspecified atom stereocenters. The van der Waals surface area contributed by atoms with E-state index in [1.807, 2.05) is 6.20 Å². The van der Waals surface area contributed by atoms with Crippen molar-refractivity contribution in [3.05, 3.63) is 54.7 Å². The minimum Gasteiger partial charge on any atom is -0.256 e. The first kappa shape index (κ1) is 13.4. The second kappa shape index (κ2) is 5.78. The maximum atomic E-state index is 4.48. The molecule has 1 aromatic heterocycles. The van der Waals surface area contributed by atoms with Crippen LogP contribution < -0.4 is 0 Å². The summed E-state index contributed by atoms with van der Waals surface area (Å²) in [7, 11) is 0. The van der Waals surface area contributed by atoms with E-state index in [0.717, 1.165) is 11.4 Å². The van der Waals surface area contributed by atoms with Crippen molar-refractivity contribution in [1.82, 2.24) is 4.98 Å². The van der Waals surface area contributed by atoms with Crippen molar-refractivity contribution in [3.8, 4) is 0 Å². The zero-order valence-corrected chi connectivity index (χ0v) is 12.3. The van der Waals surface area contributed by atoms with Crippen LogP contribution in [0.1, 0.15) is 44.1 Å². The van der Waals surface area contributed by atoms with Gasteiger partial charge >= 0.3 is 0 Å². The predicted octanol–water partition coefficient (Wildman–Crippen LogP) is 5.33. The third kappa shape index (κ3) is 2.49. The molecule has 0 radical (unpaired) electrons. The number of para-hydroxylation sites is 1. The Balaban J connectivity index is 1.82. The van der Waals surface area contributed by atoms with E-state index in [0.29, 0.717) is 11.8 Å². The number of nitrogens with zero attached hydrogens (tertiary/aromatic N) is 1. The Morgan fingerprint density at radius 3 is 2.65 bits per heavy atom. The fraction of sp³-hybridized carbons (Fsp3) is 0.421. The van der Waals surface area contributed by atoms with E-state index in [9.17, 15) is 0 Å². The Hall–Kier alpha value is -1.63. The van der Waals surface area contributed by atoms with Crippen molar-refractivity contribution in [2.75, 3.05) is 0 Å². The number of hydrogen-bond donors (Lipinski definition) is 0. The third-order valence-electron chi connectivity index (χ3n) is 5.01. The Kier molecular flexibility index (Phi) is 3.86. The fourth-order valence-corrected chi connectivity index (χ4v) is 3.62. The van der Waals surface area contributed by atoms with Crippen LogP contribution in [0.2, 0.25) is 0 Å². The lowest BCUT2D eigenvalue weighted by molar-refractivity contribution is 0.277. The Bertz CT molecular complexity index is 588. The number of fused-ring (bicyclic) bond motifs is 1. The second-order valence-electron chi connectivity index (χ2n) is 6.12. The highest BCUT2D eigenvalue weighted by Crippen LogP contribution is 2.40. The summed E-state index contributed by atoms with van der Waals surface area (Å²) in [6.45, 7) is 6.25. The van der Waals surface area contributed by atoms with Crippen molar-refractivity contribution < 1.29 is 0 Å². The second-order valence-corrected chi connectivity index (χ2v) is 6.12. The largest absolute Gasteiger partial charge is 0.256 e. The van der Waals surface area contributed by atoms with Gasteiger partial charge in [-0.05, 0) is 61.1 Å². The van der Waals surface area contributed by atoms with Gasteiger partial charge in [0, 0.05) is 11.6 Å². The average molecular weight is 265 g/mol. The van der Waals surface area contributed by atoms with Crippen molar-refractivity contribution >= 4 is 10.9 Å². The molecule has 1 aromatic carbocycles. The number of rotatable bonds is 3. The van der Waals surface area contributed by atoms with Crippen LogP contribution in [0.15, 0.2) is 49.2 Å². The molecule has 1 atom stereocenters. The van der Waals surface area contributed by atoms with Gasteiger partial charge in [0.2, 0.25) is 0 Å². The first-order valence-corrected chi connectivity index (χ1v) is 7.76. The van der Waals surface area contributed by atoms with E-state index in [1.165, 1.54) is 36.6 Å². The molecule has 0 bridgehead atoms. The lowest BCUT2D eigenvalue weighted by Crippen LogP contribution is -2.18. The summed E-state index contributed by atoms with van der Waals surface area (Å²) in [4.78, 5) is 4.48. The van der Waals surface area contributed by atoms with Crippen LogP contribution in [0, 0.1) is 11.8 Å². The number of allylic oxidation sites excluding steroid dienone is 1. The minimum atomic E-state index is 0.658. The van der Waals surface area contributed by atoms with Crippen molar-refractivity contribution in [1.29, 1.82) is 0 Å². The smallest absolute Gasteiger partial charge is 0.0704 e. The zero-order valence-electron chi connectivity index (χ0n) is 12.3. The molecule has 0 saturated heterocycles. The maximum Gasteiger partial charge on any atom is 0.0704 e. The van der Waals surface area contributed by atoms with E-state index in [1.54, 1.807) is 0 Å². The van der Waals surface area contributed by atoms with Gasteiger partial charge in [0.05, 0.1) is 5.52 Å². The summed E-state index contributed by atoms with van der Waals surface area (Å²) >= 11 is 0. The molecular formula is C19H23N. The quantitative estimate of drug-likeness (QED) is 0.683. The molecule has 0 amide bonds. The molecule has 1 nitrogen and oxygen atoms in total. The number of pyridine rings is 1. The summed E-state index contributed by atoms with van der Waals surface area (Å²) in [6.07, 6.45) is 9.35. The molecule has 1 saturated carbocycles. The lowest BCUT2D eigenvalue weighted by Gasteiger charge is -2.31. The number of aromatic nitrogens is 1. The number of hydrogen-bond acceptors (Lipinski definition) is 1. The molecule has 0 N–H and O–H groups in total. The first-order chi connectivity index (χ1) is 9.79. The first-order valence-electron chi connectivity index (χ1n) is 7.76. The SMILES string of the molecule is C=CC(C)C1CCC(c2ccnc3ccccc23)CC1. The Morgan fingerprint density at radius 2 is 1.90 bits per heavy atom. The lowest BCUT2D eigenvalue weighted by atomic mass is 9.74. The van der Waals surface area contributed by atoms with E-state index >= 15 is 0 Å². The third-order valence-corrected chi connectivity index (χ3v) is 5.01. The molecule has 1 aliphatic carbocycles. The highest BCUT2D eigenvalue weighted by Gasteiger charge is 2.25. The van der Waals surface area contributed by atoms with Gasteiger partial charge in [0.25, 0.3) is 0 Å². The fourth-order valence-electron chi connectivity index (χ4n) is 3.62. The van der Waals surface area contributed by atoms with Crippen LogP contribution in [0.4, 0.5) is 0 Å². The summed E-state index contributed by atoms with van der Waals surface area (Å²) in [5.41, 5.74) is 2.63. The molecule has 20 heavy (non-hydrogen) atoms. The van der Waals surface area contributed by atoms with Gasteiger partial charge in [0.15, 0.2) is 0 Å². The van der Waals surface area contributed by atoms with Crippen LogP contribution in [-0.2, 0) is 0 Å². The topological polar surface area (TPSA) is 12.9 Å². The van der Waals surface area contributed by atoms with Crippen molar-refractivity contribution in [3.63, 3.8) is 0 Å². The molecule has 1 heterocycles. The summed E-state index contributed by atoms with van der Waals surface area (Å²) in [6, 6.07) is 10.8. The summed E-state index contributed by atoms with van der Waals surface area (Å²) < 4.78 is 0. The van der Waals surface area contributed by atoms with Gasteiger partial charge in [-0.25, -0.2) is 0 Å². The monoisotopic (exact) mass is 265 g/mol. The van der Waals surface area contributed by atoms with Gasteiger partial charge in [-0.1, -0.05) is 31.2 Å². The van der Waals surface area contributed by atoms with Crippen LogP contribution in [0.25, 0.3) is 10.9 Å². The molecule has 1 aliphatic rings. The zero-order chi connectivity index (χ0) is 13.9. The van der Waals surface area contributed by atoms with Crippen LogP contribution in [0.3, 0.4) is 0 Å². The molecule has 1 fully saturated rings. The summed E-state index contributed by atoms with van der Waals surface area (Å²) in [5, 5.41) is 1.34. The average Bonchev–Trinajstić information content (AvgIpc) is 2.54.